The minimum absolute atomic E-state index is 0.124. The molecule has 3 aromatic carbocycles. The van der Waals surface area contributed by atoms with Gasteiger partial charge in [-0.2, -0.15) is 0 Å². The second kappa shape index (κ2) is 9.39. The van der Waals surface area contributed by atoms with E-state index < -0.39 is 18.0 Å². The molecule has 0 aromatic heterocycles. The molecule has 0 aliphatic carbocycles. The summed E-state index contributed by atoms with van der Waals surface area (Å²) in [5, 5.41) is 2.84. The highest BCUT2D eigenvalue weighted by atomic mass is 16.5. The molecule has 0 saturated heterocycles. The summed E-state index contributed by atoms with van der Waals surface area (Å²) in [6, 6.07) is 19.1. The van der Waals surface area contributed by atoms with E-state index in [2.05, 4.69) is 5.32 Å². The van der Waals surface area contributed by atoms with Crippen molar-refractivity contribution >= 4 is 23.3 Å². The molecule has 3 aromatic rings. The number of aryl methyl sites for hydroxylation is 3. The number of rotatable bonds is 6. The van der Waals surface area contributed by atoms with E-state index in [1.54, 1.807) is 42.5 Å². The van der Waals surface area contributed by atoms with Crippen LogP contribution in [0.15, 0.2) is 66.7 Å². The van der Waals surface area contributed by atoms with Gasteiger partial charge >= 0.3 is 5.97 Å². The monoisotopic (exact) mass is 415 g/mol. The second-order valence-electron chi connectivity index (χ2n) is 7.55. The molecule has 1 atom stereocenters. The SMILES string of the molecule is Cc1cc(C)c(NC(=O)[C@@H](C)OC(=O)c2ccccc2C(=O)c2ccccc2)c(C)c1. The van der Waals surface area contributed by atoms with Gasteiger partial charge in [0, 0.05) is 16.8 Å². The quantitative estimate of drug-likeness (QED) is 0.453. The number of carbonyl (C=O) groups excluding carboxylic acids is 3. The van der Waals surface area contributed by atoms with Crippen molar-refractivity contribution in [1.29, 1.82) is 0 Å². The number of hydrogen-bond donors (Lipinski definition) is 1. The summed E-state index contributed by atoms with van der Waals surface area (Å²) in [5.74, 6) is -1.44. The maximum absolute atomic E-state index is 12.8. The topological polar surface area (TPSA) is 72.5 Å². The van der Waals surface area contributed by atoms with Gasteiger partial charge < -0.3 is 10.1 Å². The number of benzene rings is 3. The van der Waals surface area contributed by atoms with E-state index >= 15 is 0 Å². The fraction of sp³-hybridized carbons (Fsp3) is 0.192. The smallest absolute Gasteiger partial charge is 0.339 e. The van der Waals surface area contributed by atoms with Crippen LogP contribution in [0.4, 0.5) is 5.69 Å². The molecule has 0 unspecified atom stereocenters. The van der Waals surface area contributed by atoms with Gasteiger partial charge in [-0.25, -0.2) is 4.79 Å². The zero-order valence-electron chi connectivity index (χ0n) is 18.1. The molecule has 0 aliphatic heterocycles. The number of esters is 1. The zero-order valence-corrected chi connectivity index (χ0v) is 18.1. The highest BCUT2D eigenvalue weighted by Crippen LogP contribution is 2.22. The van der Waals surface area contributed by atoms with Gasteiger partial charge in [-0.05, 0) is 44.9 Å². The molecule has 5 nitrogen and oxygen atoms in total. The Balaban J connectivity index is 1.76. The number of ketones is 1. The Morgan fingerprint density at radius 2 is 1.35 bits per heavy atom. The van der Waals surface area contributed by atoms with E-state index in [0.29, 0.717) is 11.3 Å². The Hall–Kier alpha value is -3.73. The van der Waals surface area contributed by atoms with E-state index in [0.717, 1.165) is 16.7 Å². The van der Waals surface area contributed by atoms with Crippen LogP contribution in [0.5, 0.6) is 0 Å². The van der Waals surface area contributed by atoms with Gasteiger partial charge in [0.05, 0.1) is 5.56 Å². The Bertz CT molecular complexity index is 1110. The van der Waals surface area contributed by atoms with Gasteiger partial charge in [-0.1, -0.05) is 66.2 Å². The summed E-state index contributed by atoms with van der Waals surface area (Å²) >= 11 is 0. The molecule has 3 rings (SSSR count). The number of ether oxygens (including phenoxy) is 1. The molecular formula is C26H25NO4. The maximum Gasteiger partial charge on any atom is 0.339 e. The van der Waals surface area contributed by atoms with Crippen LogP contribution in [-0.2, 0) is 9.53 Å². The molecule has 0 spiro atoms. The lowest BCUT2D eigenvalue weighted by atomic mass is 9.98. The molecule has 0 saturated carbocycles. The van der Waals surface area contributed by atoms with E-state index in [4.69, 9.17) is 4.74 Å². The Kier molecular flexibility index (Phi) is 6.65. The van der Waals surface area contributed by atoms with E-state index in [-0.39, 0.29) is 16.9 Å². The van der Waals surface area contributed by atoms with Crippen molar-refractivity contribution in [2.45, 2.75) is 33.8 Å². The molecule has 0 heterocycles. The van der Waals surface area contributed by atoms with Gasteiger partial charge in [0.2, 0.25) is 0 Å². The number of hydrogen-bond acceptors (Lipinski definition) is 4. The summed E-state index contributed by atoms with van der Waals surface area (Å²) in [7, 11) is 0. The molecule has 0 aliphatic rings. The third kappa shape index (κ3) is 5.07. The predicted octanol–water partition coefficient (Wildman–Crippen LogP) is 5.03. The van der Waals surface area contributed by atoms with E-state index in [1.807, 2.05) is 39.0 Å². The Morgan fingerprint density at radius 1 is 0.806 bits per heavy atom. The van der Waals surface area contributed by atoms with E-state index in [1.165, 1.54) is 13.0 Å². The highest BCUT2D eigenvalue weighted by molar-refractivity contribution is 6.14. The zero-order chi connectivity index (χ0) is 22.5. The summed E-state index contributed by atoms with van der Waals surface area (Å²) in [5.41, 5.74) is 4.51. The first-order valence-electron chi connectivity index (χ1n) is 10.1. The molecule has 31 heavy (non-hydrogen) atoms. The van der Waals surface area contributed by atoms with Gasteiger partial charge in [-0.15, -0.1) is 0 Å². The normalized spacial score (nSPS) is 11.5. The summed E-state index contributed by atoms with van der Waals surface area (Å²) in [4.78, 5) is 38.3. The minimum atomic E-state index is -1.03. The number of carbonyl (C=O) groups is 3. The number of amides is 1. The first kappa shape index (κ1) is 22.0. The van der Waals surface area contributed by atoms with Crippen molar-refractivity contribution in [3.8, 4) is 0 Å². The largest absolute Gasteiger partial charge is 0.449 e. The first-order valence-corrected chi connectivity index (χ1v) is 10.1. The van der Waals surface area contributed by atoms with Crippen LogP contribution >= 0.6 is 0 Å². The first-order chi connectivity index (χ1) is 14.8. The molecule has 1 N–H and O–H groups in total. The predicted molar refractivity (Wildman–Crippen MR) is 120 cm³/mol. The number of anilines is 1. The van der Waals surface area contributed by atoms with Crippen LogP contribution in [0.25, 0.3) is 0 Å². The van der Waals surface area contributed by atoms with Crippen LogP contribution in [0, 0.1) is 20.8 Å². The maximum atomic E-state index is 12.8. The second-order valence-corrected chi connectivity index (χ2v) is 7.55. The summed E-state index contributed by atoms with van der Waals surface area (Å²) in [6.07, 6.45) is -1.03. The van der Waals surface area contributed by atoms with Gasteiger partial charge in [0.1, 0.15) is 0 Å². The average Bonchev–Trinajstić information content (AvgIpc) is 2.76. The Morgan fingerprint density at radius 3 is 1.97 bits per heavy atom. The van der Waals surface area contributed by atoms with Crippen LogP contribution in [0.3, 0.4) is 0 Å². The Labute approximate surface area is 182 Å². The third-order valence-corrected chi connectivity index (χ3v) is 5.01. The lowest BCUT2D eigenvalue weighted by molar-refractivity contribution is -0.123. The van der Waals surface area contributed by atoms with Crippen LogP contribution in [-0.4, -0.2) is 23.8 Å². The minimum Gasteiger partial charge on any atom is -0.449 e. The molecule has 0 fully saturated rings. The molecule has 5 heteroatoms. The lowest BCUT2D eigenvalue weighted by Gasteiger charge is -2.17. The van der Waals surface area contributed by atoms with Crippen molar-refractivity contribution < 1.29 is 19.1 Å². The van der Waals surface area contributed by atoms with Crippen molar-refractivity contribution in [3.05, 3.63) is 100 Å². The van der Waals surface area contributed by atoms with Crippen molar-refractivity contribution in [3.63, 3.8) is 0 Å². The van der Waals surface area contributed by atoms with Gasteiger partial charge in [0.15, 0.2) is 11.9 Å². The molecule has 1 amide bonds. The third-order valence-electron chi connectivity index (χ3n) is 5.01. The van der Waals surface area contributed by atoms with Crippen LogP contribution < -0.4 is 5.32 Å². The van der Waals surface area contributed by atoms with Gasteiger partial charge in [0.25, 0.3) is 5.91 Å². The van der Waals surface area contributed by atoms with Crippen molar-refractivity contribution in [2.24, 2.45) is 0 Å². The molecule has 0 bridgehead atoms. The summed E-state index contributed by atoms with van der Waals surface area (Å²) in [6.45, 7) is 7.33. The van der Waals surface area contributed by atoms with Crippen molar-refractivity contribution in [2.75, 3.05) is 5.32 Å². The molecule has 158 valence electrons. The standard InChI is InChI=1S/C26H25NO4/c1-16-14-17(2)23(18(3)15-16)27-25(29)19(4)31-26(30)22-13-9-8-12-21(22)24(28)20-10-6-5-7-11-20/h5-15,19H,1-4H3,(H,27,29)/t19-/m1/s1. The molecular weight excluding hydrogens is 390 g/mol. The lowest BCUT2D eigenvalue weighted by Crippen LogP contribution is -2.31. The van der Waals surface area contributed by atoms with Crippen LogP contribution in [0.2, 0.25) is 0 Å². The summed E-state index contributed by atoms with van der Waals surface area (Å²) < 4.78 is 5.40. The van der Waals surface area contributed by atoms with Gasteiger partial charge in [-0.3, -0.25) is 9.59 Å². The van der Waals surface area contributed by atoms with E-state index in [9.17, 15) is 14.4 Å². The molecule has 0 radical (unpaired) electrons. The number of nitrogens with one attached hydrogen (secondary N) is 1. The average molecular weight is 415 g/mol. The van der Waals surface area contributed by atoms with Crippen molar-refractivity contribution in [1.82, 2.24) is 0 Å². The van der Waals surface area contributed by atoms with Crippen LogP contribution in [0.1, 0.15) is 49.9 Å². The highest BCUT2D eigenvalue weighted by Gasteiger charge is 2.24. The fourth-order valence-corrected chi connectivity index (χ4v) is 3.48. The fourth-order valence-electron chi connectivity index (χ4n) is 3.48.